The van der Waals surface area contributed by atoms with Crippen LogP contribution in [0.25, 0.3) is 0 Å². The van der Waals surface area contributed by atoms with Gasteiger partial charge in [0.05, 0.1) is 7.11 Å². The molecule has 1 heterocycles. The summed E-state index contributed by atoms with van der Waals surface area (Å²) in [7, 11) is 1.55. The van der Waals surface area contributed by atoms with E-state index in [9.17, 15) is 4.79 Å². The molecule has 2 aromatic carbocycles. The highest BCUT2D eigenvalue weighted by Gasteiger charge is 2.25. The van der Waals surface area contributed by atoms with E-state index in [0.29, 0.717) is 28.6 Å². The summed E-state index contributed by atoms with van der Waals surface area (Å²) < 4.78 is 16.2. The van der Waals surface area contributed by atoms with Crippen molar-refractivity contribution in [2.75, 3.05) is 12.4 Å². The molecule has 25 heavy (non-hydrogen) atoms. The fraction of sp³-hybridized carbons (Fsp3) is 0.158. The van der Waals surface area contributed by atoms with E-state index in [-0.39, 0.29) is 5.91 Å². The Labute approximate surface area is 145 Å². The predicted molar refractivity (Wildman–Crippen MR) is 92.7 cm³/mol. The average molecular weight is 338 g/mol. The number of ether oxygens (including phenoxy) is 2. The van der Waals surface area contributed by atoms with Crippen LogP contribution in [0.1, 0.15) is 17.4 Å². The molecule has 0 saturated heterocycles. The highest BCUT2D eigenvalue weighted by atomic mass is 16.5. The zero-order valence-electron chi connectivity index (χ0n) is 13.9. The summed E-state index contributed by atoms with van der Waals surface area (Å²) in [5.74, 6) is 1.62. The third-order valence-corrected chi connectivity index (χ3v) is 3.53. The Balaban J connectivity index is 1.88. The second-order valence-corrected chi connectivity index (χ2v) is 5.37. The lowest BCUT2D eigenvalue weighted by Gasteiger charge is -2.19. The number of aromatic nitrogens is 1. The molecule has 0 aliphatic carbocycles. The van der Waals surface area contributed by atoms with Crippen molar-refractivity contribution in [2.45, 2.75) is 13.0 Å². The number of hydrogen-bond donors (Lipinski definition) is 1. The molecule has 1 N–H and O–H groups in total. The number of carbonyl (C=O) groups is 1. The van der Waals surface area contributed by atoms with Gasteiger partial charge in [0.2, 0.25) is 6.10 Å². The third-order valence-electron chi connectivity index (χ3n) is 3.53. The summed E-state index contributed by atoms with van der Waals surface area (Å²) in [6.45, 7) is 1.75. The molecule has 0 bridgehead atoms. The molecule has 1 atom stereocenters. The van der Waals surface area contributed by atoms with Crippen molar-refractivity contribution in [3.63, 3.8) is 0 Å². The second-order valence-electron chi connectivity index (χ2n) is 5.37. The Hall–Kier alpha value is -3.28. The molecule has 0 radical (unpaired) electrons. The standard InChI is InChI=1S/C19H18N2O4/c1-13-12-17(21-25-13)20-19(22)18(14-8-4-3-5-9-14)24-16-11-7-6-10-15(16)23-2/h3-12,18H,1-2H3,(H,20,21,22)/t18-/m0/s1. The highest BCUT2D eigenvalue weighted by Crippen LogP contribution is 2.31. The molecule has 1 amide bonds. The molecule has 0 aliphatic heterocycles. The first kappa shape index (κ1) is 16.6. The Morgan fingerprint density at radius 1 is 1.08 bits per heavy atom. The van der Waals surface area contributed by atoms with Crippen molar-refractivity contribution in [1.29, 1.82) is 0 Å². The quantitative estimate of drug-likeness (QED) is 0.741. The summed E-state index contributed by atoms with van der Waals surface area (Å²) >= 11 is 0. The molecule has 3 aromatic rings. The Morgan fingerprint density at radius 3 is 2.40 bits per heavy atom. The van der Waals surface area contributed by atoms with Crippen LogP contribution in [0.4, 0.5) is 5.82 Å². The first-order valence-electron chi connectivity index (χ1n) is 7.76. The number of anilines is 1. The van der Waals surface area contributed by atoms with Gasteiger partial charge in [-0.2, -0.15) is 0 Å². The molecular weight excluding hydrogens is 320 g/mol. The van der Waals surface area contributed by atoms with Gasteiger partial charge in [0.15, 0.2) is 17.3 Å². The van der Waals surface area contributed by atoms with Gasteiger partial charge in [-0.25, -0.2) is 0 Å². The van der Waals surface area contributed by atoms with E-state index in [2.05, 4.69) is 10.5 Å². The van der Waals surface area contributed by atoms with Gasteiger partial charge in [0, 0.05) is 11.6 Å². The van der Waals surface area contributed by atoms with E-state index in [4.69, 9.17) is 14.0 Å². The van der Waals surface area contributed by atoms with Crippen LogP contribution in [-0.2, 0) is 4.79 Å². The van der Waals surface area contributed by atoms with E-state index in [1.807, 2.05) is 42.5 Å². The first-order chi connectivity index (χ1) is 12.2. The monoisotopic (exact) mass is 338 g/mol. The highest BCUT2D eigenvalue weighted by molar-refractivity contribution is 5.94. The topological polar surface area (TPSA) is 73.6 Å². The SMILES string of the molecule is COc1ccccc1O[C@H](C(=O)Nc1cc(C)on1)c1ccccc1. The van der Waals surface area contributed by atoms with Crippen LogP contribution in [-0.4, -0.2) is 18.2 Å². The van der Waals surface area contributed by atoms with Gasteiger partial charge in [-0.3, -0.25) is 4.79 Å². The largest absolute Gasteiger partial charge is 0.493 e. The molecule has 128 valence electrons. The zero-order chi connectivity index (χ0) is 17.6. The number of methoxy groups -OCH3 is 1. The average Bonchev–Trinajstić information content (AvgIpc) is 3.05. The molecule has 1 aromatic heterocycles. The molecule has 0 fully saturated rings. The number of para-hydroxylation sites is 2. The van der Waals surface area contributed by atoms with E-state index in [1.54, 1.807) is 32.2 Å². The van der Waals surface area contributed by atoms with Crippen LogP contribution < -0.4 is 14.8 Å². The molecule has 0 spiro atoms. The van der Waals surface area contributed by atoms with Crippen LogP contribution in [0.5, 0.6) is 11.5 Å². The fourth-order valence-electron chi connectivity index (χ4n) is 2.36. The normalized spacial score (nSPS) is 11.6. The molecule has 0 unspecified atom stereocenters. The number of nitrogens with one attached hydrogen (secondary N) is 1. The minimum atomic E-state index is -0.866. The van der Waals surface area contributed by atoms with Crippen LogP contribution in [0.2, 0.25) is 0 Å². The van der Waals surface area contributed by atoms with E-state index < -0.39 is 6.10 Å². The summed E-state index contributed by atoms with van der Waals surface area (Å²) in [4.78, 5) is 12.8. The van der Waals surface area contributed by atoms with Gasteiger partial charge in [-0.05, 0) is 19.1 Å². The van der Waals surface area contributed by atoms with Crippen LogP contribution in [0, 0.1) is 6.92 Å². The molecule has 0 saturated carbocycles. The minimum Gasteiger partial charge on any atom is -0.493 e. The van der Waals surface area contributed by atoms with Crippen LogP contribution in [0.3, 0.4) is 0 Å². The second kappa shape index (κ2) is 7.53. The lowest BCUT2D eigenvalue weighted by atomic mass is 10.1. The maximum absolute atomic E-state index is 12.8. The van der Waals surface area contributed by atoms with Gasteiger partial charge in [-0.1, -0.05) is 47.6 Å². The van der Waals surface area contributed by atoms with Crippen molar-refractivity contribution in [2.24, 2.45) is 0 Å². The zero-order valence-corrected chi connectivity index (χ0v) is 13.9. The Kier molecular flexibility index (Phi) is 4.99. The van der Waals surface area contributed by atoms with Gasteiger partial charge in [0.1, 0.15) is 5.76 Å². The first-order valence-corrected chi connectivity index (χ1v) is 7.76. The van der Waals surface area contributed by atoms with Crippen molar-refractivity contribution in [3.8, 4) is 11.5 Å². The number of aryl methyl sites for hydroxylation is 1. The summed E-state index contributed by atoms with van der Waals surface area (Å²) in [6.07, 6.45) is -0.866. The Bertz CT molecular complexity index is 845. The number of hydrogen-bond acceptors (Lipinski definition) is 5. The number of nitrogens with zero attached hydrogens (tertiary/aromatic N) is 1. The van der Waals surface area contributed by atoms with Gasteiger partial charge >= 0.3 is 0 Å². The van der Waals surface area contributed by atoms with Crippen molar-refractivity contribution in [3.05, 3.63) is 72.0 Å². The van der Waals surface area contributed by atoms with Gasteiger partial charge in [-0.15, -0.1) is 0 Å². The molecule has 6 nitrogen and oxygen atoms in total. The van der Waals surface area contributed by atoms with Crippen molar-refractivity contribution < 1.29 is 18.8 Å². The van der Waals surface area contributed by atoms with E-state index in [0.717, 1.165) is 0 Å². The van der Waals surface area contributed by atoms with Crippen LogP contribution >= 0.6 is 0 Å². The predicted octanol–water partition coefficient (Wildman–Crippen LogP) is 3.75. The number of amides is 1. The van der Waals surface area contributed by atoms with E-state index in [1.165, 1.54) is 0 Å². The number of rotatable bonds is 6. The van der Waals surface area contributed by atoms with Crippen molar-refractivity contribution in [1.82, 2.24) is 5.16 Å². The maximum atomic E-state index is 12.8. The summed E-state index contributed by atoms with van der Waals surface area (Å²) in [5, 5.41) is 6.49. The molecule has 0 aliphatic rings. The fourth-order valence-corrected chi connectivity index (χ4v) is 2.36. The lowest BCUT2D eigenvalue weighted by Crippen LogP contribution is -2.26. The van der Waals surface area contributed by atoms with Crippen molar-refractivity contribution >= 4 is 11.7 Å². The Morgan fingerprint density at radius 2 is 1.76 bits per heavy atom. The van der Waals surface area contributed by atoms with E-state index >= 15 is 0 Å². The lowest BCUT2D eigenvalue weighted by molar-refractivity contribution is -0.123. The summed E-state index contributed by atoms with van der Waals surface area (Å²) in [5.41, 5.74) is 0.714. The van der Waals surface area contributed by atoms with Crippen LogP contribution in [0.15, 0.2) is 65.2 Å². The smallest absolute Gasteiger partial charge is 0.271 e. The molecule has 6 heteroatoms. The maximum Gasteiger partial charge on any atom is 0.271 e. The van der Waals surface area contributed by atoms with Gasteiger partial charge in [0.25, 0.3) is 5.91 Å². The third kappa shape index (κ3) is 3.98. The molecule has 3 rings (SSSR count). The summed E-state index contributed by atoms with van der Waals surface area (Å²) in [6, 6.07) is 18.1. The molecular formula is C19H18N2O4. The minimum absolute atomic E-state index is 0.340. The number of carbonyl (C=O) groups excluding carboxylic acids is 1. The number of benzene rings is 2. The van der Waals surface area contributed by atoms with Gasteiger partial charge < -0.3 is 19.3 Å².